The first-order valence-electron chi connectivity index (χ1n) is 6.18. The van der Waals surface area contributed by atoms with Gasteiger partial charge in [-0.25, -0.2) is 17.9 Å². The molecule has 0 aromatic carbocycles. The van der Waals surface area contributed by atoms with Gasteiger partial charge in [0.25, 0.3) is 0 Å². The number of thiophene rings is 1. The standard InChI is InChI=1S/C13H15NO5S2/c1-8-6-11(20-12(8)13(15)16)21(17,18)14-9(2)7-10-4-3-5-19-10/h3-6,9,14H,7H2,1-2H3,(H,15,16). The highest BCUT2D eigenvalue weighted by molar-refractivity contribution is 7.91. The van der Waals surface area contributed by atoms with Crippen LogP contribution >= 0.6 is 11.3 Å². The van der Waals surface area contributed by atoms with Crippen LogP contribution in [0.15, 0.2) is 33.1 Å². The molecule has 1 atom stereocenters. The van der Waals surface area contributed by atoms with E-state index in [0.29, 0.717) is 17.7 Å². The summed E-state index contributed by atoms with van der Waals surface area (Å²) in [6, 6.07) is 4.51. The zero-order valence-corrected chi connectivity index (χ0v) is 13.1. The minimum atomic E-state index is -3.73. The number of aryl methyl sites for hydroxylation is 1. The van der Waals surface area contributed by atoms with E-state index in [1.54, 1.807) is 26.0 Å². The molecule has 0 saturated heterocycles. The van der Waals surface area contributed by atoms with Gasteiger partial charge < -0.3 is 9.52 Å². The van der Waals surface area contributed by atoms with E-state index in [1.165, 1.54) is 12.3 Å². The monoisotopic (exact) mass is 329 g/mol. The van der Waals surface area contributed by atoms with Gasteiger partial charge in [0, 0.05) is 12.5 Å². The number of carboxylic acids is 1. The number of aromatic carboxylic acids is 1. The molecule has 0 aliphatic heterocycles. The predicted molar refractivity (Wildman–Crippen MR) is 78.2 cm³/mol. The Kier molecular flexibility index (Phi) is 4.50. The van der Waals surface area contributed by atoms with Crippen molar-refractivity contribution in [3.63, 3.8) is 0 Å². The van der Waals surface area contributed by atoms with Gasteiger partial charge in [0.2, 0.25) is 10.0 Å². The van der Waals surface area contributed by atoms with Crippen LogP contribution in [0.3, 0.4) is 0 Å². The van der Waals surface area contributed by atoms with Gasteiger partial charge in [-0.1, -0.05) is 0 Å². The van der Waals surface area contributed by atoms with Gasteiger partial charge >= 0.3 is 5.97 Å². The zero-order valence-electron chi connectivity index (χ0n) is 11.5. The summed E-state index contributed by atoms with van der Waals surface area (Å²) < 4.78 is 32.2. The highest BCUT2D eigenvalue weighted by Crippen LogP contribution is 2.26. The molecule has 2 heterocycles. The number of furan rings is 1. The van der Waals surface area contributed by atoms with Crippen molar-refractivity contribution >= 4 is 27.3 Å². The fourth-order valence-corrected chi connectivity index (χ4v) is 4.53. The van der Waals surface area contributed by atoms with Crippen LogP contribution in [-0.2, 0) is 16.4 Å². The second kappa shape index (κ2) is 6.00. The Balaban J connectivity index is 2.14. The normalized spacial score (nSPS) is 13.2. The minimum Gasteiger partial charge on any atom is -0.477 e. The van der Waals surface area contributed by atoms with Crippen LogP contribution in [0.2, 0.25) is 0 Å². The first-order chi connectivity index (χ1) is 9.79. The van der Waals surface area contributed by atoms with Crippen LogP contribution in [0.4, 0.5) is 0 Å². The summed E-state index contributed by atoms with van der Waals surface area (Å²) in [6.07, 6.45) is 1.95. The molecule has 0 fully saturated rings. The molecule has 6 nitrogen and oxygen atoms in total. The van der Waals surface area contributed by atoms with Crippen LogP contribution in [0.25, 0.3) is 0 Å². The van der Waals surface area contributed by atoms with Crippen LogP contribution in [0.5, 0.6) is 0 Å². The van der Waals surface area contributed by atoms with Gasteiger partial charge in [-0.3, -0.25) is 0 Å². The van der Waals surface area contributed by atoms with E-state index in [2.05, 4.69) is 4.72 Å². The maximum absolute atomic E-state index is 12.2. The first kappa shape index (κ1) is 15.7. The molecule has 114 valence electrons. The third-order valence-corrected chi connectivity index (χ3v) is 6.09. The molecule has 0 saturated carbocycles. The van der Waals surface area contributed by atoms with E-state index in [0.717, 1.165) is 11.3 Å². The summed E-state index contributed by atoms with van der Waals surface area (Å²) in [4.78, 5) is 11.0. The second-order valence-electron chi connectivity index (χ2n) is 4.69. The fourth-order valence-electron chi connectivity index (χ4n) is 1.89. The summed E-state index contributed by atoms with van der Waals surface area (Å²) in [5.74, 6) is -0.443. The number of carboxylic acid groups (broad SMARTS) is 1. The summed E-state index contributed by atoms with van der Waals surface area (Å²) >= 11 is 0.751. The van der Waals surface area contributed by atoms with Crippen molar-refractivity contribution < 1.29 is 22.7 Å². The lowest BCUT2D eigenvalue weighted by Crippen LogP contribution is -2.33. The molecule has 21 heavy (non-hydrogen) atoms. The molecule has 1 unspecified atom stereocenters. The Morgan fingerprint density at radius 3 is 2.76 bits per heavy atom. The van der Waals surface area contributed by atoms with Crippen molar-refractivity contribution in [3.8, 4) is 0 Å². The molecule has 2 N–H and O–H groups in total. The topological polar surface area (TPSA) is 96.6 Å². The SMILES string of the molecule is Cc1cc(S(=O)(=O)NC(C)Cc2ccco2)sc1C(=O)O. The average Bonchev–Trinajstić information content (AvgIpc) is 2.97. The molecule has 8 heteroatoms. The lowest BCUT2D eigenvalue weighted by Gasteiger charge is -2.11. The number of sulfonamides is 1. The summed E-state index contributed by atoms with van der Waals surface area (Å²) in [6.45, 7) is 3.30. The molecule has 0 spiro atoms. The molecule has 0 radical (unpaired) electrons. The van der Waals surface area contributed by atoms with Crippen molar-refractivity contribution in [2.24, 2.45) is 0 Å². The van der Waals surface area contributed by atoms with Gasteiger partial charge in [0.15, 0.2) is 0 Å². The van der Waals surface area contributed by atoms with Gasteiger partial charge in [-0.2, -0.15) is 0 Å². The largest absolute Gasteiger partial charge is 0.477 e. The maximum Gasteiger partial charge on any atom is 0.346 e. The molecule has 2 rings (SSSR count). The van der Waals surface area contributed by atoms with E-state index >= 15 is 0 Å². The highest BCUT2D eigenvalue weighted by Gasteiger charge is 2.23. The average molecular weight is 329 g/mol. The molecule has 2 aromatic heterocycles. The smallest absolute Gasteiger partial charge is 0.346 e. The quantitative estimate of drug-likeness (QED) is 0.847. The molecular formula is C13H15NO5S2. The molecule has 0 amide bonds. The van der Waals surface area contributed by atoms with Crippen molar-refractivity contribution in [1.82, 2.24) is 4.72 Å². The Morgan fingerprint density at radius 2 is 2.24 bits per heavy atom. The lowest BCUT2D eigenvalue weighted by molar-refractivity contribution is 0.0701. The van der Waals surface area contributed by atoms with Crippen molar-refractivity contribution in [3.05, 3.63) is 40.7 Å². The number of rotatable bonds is 6. The second-order valence-corrected chi connectivity index (χ2v) is 7.68. The Morgan fingerprint density at radius 1 is 1.52 bits per heavy atom. The van der Waals surface area contributed by atoms with Crippen LogP contribution < -0.4 is 4.72 Å². The third kappa shape index (κ3) is 3.72. The van der Waals surface area contributed by atoms with Gasteiger partial charge in [0.1, 0.15) is 14.8 Å². The number of hydrogen-bond donors (Lipinski definition) is 2. The molecule has 2 aromatic rings. The van der Waals surface area contributed by atoms with E-state index in [9.17, 15) is 13.2 Å². The van der Waals surface area contributed by atoms with Gasteiger partial charge in [0.05, 0.1) is 6.26 Å². The summed E-state index contributed by atoms with van der Waals surface area (Å²) in [7, 11) is -3.73. The van der Waals surface area contributed by atoms with E-state index in [1.807, 2.05) is 0 Å². The molecule has 0 bridgehead atoms. The van der Waals surface area contributed by atoms with Gasteiger partial charge in [-0.05, 0) is 37.6 Å². The van der Waals surface area contributed by atoms with E-state index in [-0.39, 0.29) is 15.1 Å². The Hall–Kier alpha value is -1.64. The molecule has 0 aliphatic carbocycles. The maximum atomic E-state index is 12.2. The molecular weight excluding hydrogens is 314 g/mol. The fraction of sp³-hybridized carbons (Fsp3) is 0.308. The number of nitrogens with one attached hydrogen (secondary N) is 1. The van der Waals surface area contributed by atoms with Gasteiger partial charge in [-0.15, -0.1) is 11.3 Å². The van der Waals surface area contributed by atoms with E-state index < -0.39 is 16.0 Å². The first-order valence-corrected chi connectivity index (χ1v) is 8.48. The lowest BCUT2D eigenvalue weighted by atomic mass is 10.2. The number of hydrogen-bond acceptors (Lipinski definition) is 5. The summed E-state index contributed by atoms with van der Waals surface area (Å²) in [5.41, 5.74) is 0.437. The Bertz CT molecular complexity index is 731. The minimum absolute atomic E-state index is 0.00342. The van der Waals surface area contributed by atoms with E-state index in [4.69, 9.17) is 9.52 Å². The molecule has 0 aliphatic rings. The third-order valence-electron chi connectivity index (χ3n) is 2.80. The van der Waals surface area contributed by atoms with Crippen molar-refractivity contribution in [2.45, 2.75) is 30.5 Å². The van der Waals surface area contributed by atoms with Crippen molar-refractivity contribution in [1.29, 1.82) is 0 Å². The van der Waals surface area contributed by atoms with Crippen LogP contribution in [-0.4, -0.2) is 25.5 Å². The summed E-state index contributed by atoms with van der Waals surface area (Å²) in [5, 5.41) is 8.98. The number of carbonyl (C=O) groups is 1. The van der Waals surface area contributed by atoms with Crippen LogP contribution in [0.1, 0.15) is 27.9 Å². The van der Waals surface area contributed by atoms with Crippen molar-refractivity contribution in [2.75, 3.05) is 0 Å². The van der Waals surface area contributed by atoms with Crippen LogP contribution in [0, 0.1) is 6.92 Å². The predicted octanol–water partition coefficient (Wildman–Crippen LogP) is 2.26. The Labute approximate surface area is 126 Å². The zero-order chi connectivity index (χ0) is 15.6. The highest BCUT2D eigenvalue weighted by atomic mass is 32.2.